The van der Waals surface area contributed by atoms with Crippen molar-refractivity contribution in [3.8, 4) is 23.0 Å². The van der Waals surface area contributed by atoms with Crippen LogP contribution in [0.5, 0.6) is 11.8 Å². The van der Waals surface area contributed by atoms with Gasteiger partial charge in [-0.2, -0.15) is 9.97 Å². The molecular weight excluding hydrogens is 344 g/mol. The predicted octanol–water partition coefficient (Wildman–Crippen LogP) is 2.70. The number of anilines is 1. The number of pyridine rings is 1. The Morgan fingerprint density at radius 1 is 1.00 bits per heavy atom. The normalized spacial score (nSPS) is 10.5. The Morgan fingerprint density at radius 2 is 1.81 bits per heavy atom. The zero-order valence-corrected chi connectivity index (χ0v) is 15.3. The van der Waals surface area contributed by atoms with Crippen LogP contribution in [0.15, 0.2) is 48.7 Å². The summed E-state index contributed by atoms with van der Waals surface area (Å²) >= 11 is 0. The smallest absolute Gasteiger partial charge is 0.318 e. The molecule has 7 heteroatoms. The van der Waals surface area contributed by atoms with Gasteiger partial charge in [-0.25, -0.2) is 0 Å². The number of methoxy groups -OCH3 is 2. The van der Waals surface area contributed by atoms with Crippen molar-refractivity contribution in [1.29, 1.82) is 0 Å². The monoisotopic (exact) mass is 366 g/mol. The summed E-state index contributed by atoms with van der Waals surface area (Å²) in [5.74, 6) is 1.52. The fourth-order valence-corrected chi connectivity index (χ4v) is 2.55. The highest BCUT2D eigenvalue weighted by atomic mass is 16.5. The molecule has 140 valence electrons. The van der Waals surface area contributed by atoms with E-state index in [1.807, 2.05) is 36.4 Å². The first-order valence-corrected chi connectivity index (χ1v) is 8.58. The first-order chi connectivity index (χ1) is 13.2. The Kier molecular flexibility index (Phi) is 6.17. The summed E-state index contributed by atoms with van der Waals surface area (Å²) in [5.41, 5.74) is 3.34. The highest BCUT2D eigenvalue weighted by molar-refractivity contribution is 5.62. The number of ether oxygens (including phenoxy) is 2. The van der Waals surface area contributed by atoms with Gasteiger partial charge in [-0.05, 0) is 36.2 Å². The van der Waals surface area contributed by atoms with E-state index in [0.717, 1.165) is 17.7 Å². The maximum absolute atomic E-state index is 9.12. The van der Waals surface area contributed by atoms with Crippen LogP contribution in [0.2, 0.25) is 0 Å². The van der Waals surface area contributed by atoms with E-state index in [4.69, 9.17) is 14.6 Å². The molecule has 0 aliphatic heterocycles. The number of aliphatic hydroxyl groups excluding tert-OH is 1. The van der Waals surface area contributed by atoms with Gasteiger partial charge in [0.25, 0.3) is 0 Å². The van der Waals surface area contributed by atoms with Crippen molar-refractivity contribution in [2.45, 2.75) is 13.0 Å². The minimum atomic E-state index is -0.0917. The highest BCUT2D eigenvalue weighted by Crippen LogP contribution is 2.22. The van der Waals surface area contributed by atoms with Crippen molar-refractivity contribution in [1.82, 2.24) is 15.0 Å². The molecule has 3 aromatic rings. The number of rotatable bonds is 8. The molecule has 0 saturated carbocycles. The van der Waals surface area contributed by atoms with Crippen LogP contribution >= 0.6 is 0 Å². The quantitative estimate of drug-likeness (QED) is 0.633. The van der Waals surface area contributed by atoms with Gasteiger partial charge in [0.05, 0.1) is 32.2 Å². The van der Waals surface area contributed by atoms with E-state index < -0.39 is 0 Å². The van der Waals surface area contributed by atoms with Crippen molar-refractivity contribution in [3.05, 3.63) is 59.9 Å². The third-order valence-corrected chi connectivity index (χ3v) is 4.05. The van der Waals surface area contributed by atoms with Gasteiger partial charge in [0.2, 0.25) is 0 Å². The lowest BCUT2D eigenvalue weighted by atomic mass is 10.1. The summed E-state index contributed by atoms with van der Waals surface area (Å²) in [4.78, 5) is 12.9. The molecule has 2 heterocycles. The Hall–Kier alpha value is -3.19. The molecule has 2 aromatic heterocycles. The summed E-state index contributed by atoms with van der Waals surface area (Å²) in [6, 6.07) is 13.7. The van der Waals surface area contributed by atoms with Gasteiger partial charge >= 0.3 is 6.01 Å². The average molecular weight is 366 g/mol. The van der Waals surface area contributed by atoms with Gasteiger partial charge < -0.3 is 19.9 Å². The van der Waals surface area contributed by atoms with Crippen LogP contribution in [0.1, 0.15) is 11.3 Å². The lowest BCUT2D eigenvalue weighted by Gasteiger charge is -2.10. The van der Waals surface area contributed by atoms with E-state index in [1.54, 1.807) is 19.4 Å². The first kappa shape index (κ1) is 18.6. The number of hydrogen-bond acceptors (Lipinski definition) is 7. The lowest BCUT2D eigenvalue weighted by molar-refractivity contribution is 0.277. The van der Waals surface area contributed by atoms with Gasteiger partial charge in [0, 0.05) is 24.4 Å². The third kappa shape index (κ3) is 4.92. The molecule has 0 bridgehead atoms. The maximum Gasteiger partial charge on any atom is 0.318 e. The SMILES string of the molecule is COc1ccc(CCNc2cc(-c3ccc(CO)nc3)nc(OC)n2)cc1. The number of nitrogens with zero attached hydrogens (tertiary/aromatic N) is 3. The molecule has 0 aliphatic rings. The van der Waals surface area contributed by atoms with Crippen molar-refractivity contribution < 1.29 is 14.6 Å². The molecule has 2 N–H and O–H groups in total. The average Bonchev–Trinajstić information content (AvgIpc) is 2.74. The summed E-state index contributed by atoms with van der Waals surface area (Å²) in [6.07, 6.45) is 2.52. The van der Waals surface area contributed by atoms with Crippen LogP contribution in [0.3, 0.4) is 0 Å². The number of aliphatic hydroxyl groups is 1. The molecule has 0 unspecified atom stereocenters. The first-order valence-electron chi connectivity index (χ1n) is 8.58. The molecule has 7 nitrogen and oxygen atoms in total. The number of hydrogen-bond donors (Lipinski definition) is 2. The zero-order valence-electron chi connectivity index (χ0n) is 15.3. The van der Waals surface area contributed by atoms with Gasteiger partial charge in [-0.1, -0.05) is 12.1 Å². The van der Waals surface area contributed by atoms with E-state index in [-0.39, 0.29) is 12.6 Å². The molecule has 3 rings (SSSR count). The summed E-state index contributed by atoms with van der Waals surface area (Å²) in [5, 5.41) is 12.4. The molecular formula is C20H22N4O3. The minimum Gasteiger partial charge on any atom is -0.497 e. The minimum absolute atomic E-state index is 0.0917. The second-order valence-corrected chi connectivity index (χ2v) is 5.85. The van der Waals surface area contributed by atoms with Gasteiger partial charge in [-0.3, -0.25) is 4.98 Å². The summed E-state index contributed by atoms with van der Waals surface area (Å²) in [6.45, 7) is 0.624. The molecule has 0 fully saturated rings. The highest BCUT2D eigenvalue weighted by Gasteiger charge is 2.08. The fourth-order valence-electron chi connectivity index (χ4n) is 2.55. The van der Waals surface area contributed by atoms with E-state index in [0.29, 0.717) is 23.8 Å². The second-order valence-electron chi connectivity index (χ2n) is 5.85. The van der Waals surface area contributed by atoms with Gasteiger partial charge in [0.1, 0.15) is 11.6 Å². The second kappa shape index (κ2) is 8.95. The third-order valence-electron chi connectivity index (χ3n) is 4.05. The Morgan fingerprint density at radius 3 is 2.44 bits per heavy atom. The van der Waals surface area contributed by atoms with E-state index in [9.17, 15) is 0 Å². The Labute approximate surface area is 158 Å². The number of aromatic nitrogens is 3. The van der Waals surface area contributed by atoms with Crippen LogP contribution in [0.4, 0.5) is 5.82 Å². The van der Waals surface area contributed by atoms with Gasteiger partial charge in [0.15, 0.2) is 0 Å². The maximum atomic E-state index is 9.12. The summed E-state index contributed by atoms with van der Waals surface area (Å²) < 4.78 is 10.4. The van der Waals surface area contributed by atoms with Crippen LogP contribution in [0, 0.1) is 0 Å². The largest absolute Gasteiger partial charge is 0.497 e. The van der Waals surface area contributed by atoms with Gasteiger partial charge in [-0.15, -0.1) is 0 Å². The lowest BCUT2D eigenvalue weighted by Crippen LogP contribution is -2.08. The van der Waals surface area contributed by atoms with Crippen LogP contribution < -0.4 is 14.8 Å². The molecule has 0 atom stereocenters. The van der Waals surface area contributed by atoms with Crippen molar-refractivity contribution >= 4 is 5.82 Å². The number of benzene rings is 1. The zero-order chi connectivity index (χ0) is 19.1. The number of nitrogens with one attached hydrogen (secondary N) is 1. The summed E-state index contributed by atoms with van der Waals surface area (Å²) in [7, 11) is 3.19. The molecule has 0 saturated heterocycles. The topological polar surface area (TPSA) is 89.4 Å². The van der Waals surface area contributed by atoms with Crippen molar-refractivity contribution in [2.75, 3.05) is 26.1 Å². The van der Waals surface area contributed by atoms with Crippen molar-refractivity contribution in [2.24, 2.45) is 0 Å². The molecule has 0 aliphatic carbocycles. The molecule has 1 aromatic carbocycles. The predicted molar refractivity (Wildman–Crippen MR) is 103 cm³/mol. The van der Waals surface area contributed by atoms with Crippen molar-refractivity contribution in [3.63, 3.8) is 0 Å². The van der Waals surface area contributed by atoms with Crippen LogP contribution in [-0.4, -0.2) is 40.8 Å². The molecule has 0 radical (unpaired) electrons. The Balaban J connectivity index is 1.70. The van der Waals surface area contributed by atoms with Crippen LogP contribution in [0.25, 0.3) is 11.3 Å². The molecule has 0 amide bonds. The standard InChI is InChI=1S/C20H22N4O3/c1-26-17-7-3-14(4-8-17)9-10-21-19-11-18(23-20(24-19)27-2)15-5-6-16(13-25)22-12-15/h3-8,11-12,25H,9-10,13H2,1-2H3,(H,21,23,24). The van der Waals surface area contributed by atoms with E-state index in [1.165, 1.54) is 12.7 Å². The Bertz CT molecular complexity index is 867. The fraction of sp³-hybridized carbons (Fsp3) is 0.250. The van der Waals surface area contributed by atoms with E-state index in [2.05, 4.69) is 20.3 Å². The molecule has 27 heavy (non-hydrogen) atoms. The van der Waals surface area contributed by atoms with E-state index >= 15 is 0 Å². The van der Waals surface area contributed by atoms with Crippen LogP contribution in [-0.2, 0) is 13.0 Å². The molecule has 0 spiro atoms.